The number of hydrogen-bond acceptors (Lipinski definition) is 4. The van der Waals surface area contributed by atoms with Gasteiger partial charge in [-0.15, -0.1) is 0 Å². The highest BCUT2D eigenvalue weighted by Gasteiger charge is 2.47. The van der Waals surface area contributed by atoms with Crippen LogP contribution in [0.25, 0.3) is 0 Å². The number of carbonyl (C=O) groups is 2. The molecule has 1 aliphatic carbocycles. The molecule has 2 heterocycles. The molecule has 2 aromatic rings. The van der Waals surface area contributed by atoms with Crippen molar-refractivity contribution >= 4 is 11.8 Å². The standard InChI is InChI=1S/C20H21N3O3/c24-18(22-26)16-3-4-17-11-20(6-5-15(17)10-16)7-9-23(19(20)25)13-14-2-1-8-21-12-14/h1-4,8,10,12,26H,5-7,9,11,13H2,(H,22,24)/t20-/m1/s1. The predicted octanol–water partition coefficient (Wildman–Crippen LogP) is 2.11. The van der Waals surface area contributed by atoms with Crippen molar-refractivity contribution in [1.82, 2.24) is 15.4 Å². The van der Waals surface area contributed by atoms with Crippen molar-refractivity contribution in [2.24, 2.45) is 5.41 Å². The molecule has 2 amide bonds. The summed E-state index contributed by atoms with van der Waals surface area (Å²) in [6, 6.07) is 9.33. The average molecular weight is 351 g/mol. The molecule has 0 bridgehead atoms. The van der Waals surface area contributed by atoms with E-state index in [-0.39, 0.29) is 11.3 Å². The summed E-state index contributed by atoms with van der Waals surface area (Å²) in [5.74, 6) is -0.281. The van der Waals surface area contributed by atoms with Gasteiger partial charge in [0.25, 0.3) is 5.91 Å². The minimum atomic E-state index is -0.507. The molecule has 6 nitrogen and oxygen atoms in total. The van der Waals surface area contributed by atoms with Gasteiger partial charge in [0.15, 0.2) is 0 Å². The number of hydroxylamine groups is 1. The summed E-state index contributed by atoms with van der Waals surface area (Å²) in [5, 5.41) is 8.79. The van der Waals surface area contributed by atoms with Crippen molar-refractivity contribution in [3.63, 3.8) is 0 Å². The number of amides is 2. The summed E-state index contributed by atoms with van der Waals surface area (Å²) in [6.07, 6.45) is 6.69. The van der Waals surface area contributed by atoms with Crippen molar-refractivity contribution in [2.45, 2.75) is 32.2 Å². The van der Waals surface area contributed by atoms with Gasteiger partial charge in [-0.05, 0) is 60.6 Å². The molecule has 1 spiro atoms. The highest BCUT2D eigenvalue weighted by molar-refractivity contribution is 5.93. The Morgan fingerprint density at radius 2 is 2.15 bits per heavy atom. The van der Waals surface area contributed by atoms with E-state index in [2.05, 4.69) is 4.98 Å². The molecular formula is C20H21N3O3. The van der Waals surface area contributed by atoms with E-state index in [1.54, 1.807) is 17.7 Å². The van der Waals surface area contributed by atoms with Gasteiger partial charge in [0.2, 0.25) is 5.91 Å². The van der Waals surface area contributed by atoms with Gasteiger partial charge >= 0.3 is 0 Å². The number of nitrogens with zero attached hydrogens (tertiary/aromatic N) is 2. The van der Waals surface area contributed by atoms with Crippen molar-refractivity contribution < 1.29 is 14.8 Å². The smallest absolute Gasteiger partial charge is 0.274 e. The summed E-state index contributed by atoms with van der Waals surface area (Å²) < 4.78 is 0. The van der Waals surface area contributed by atoms with Crippen LogP contribution in [0.5, 0.6) is 0 Å². The van der Waals surface area contributed by atoms with E-state index in [0.29, 0.717) is 18.5 Å². The molecule has 6 heteroatoms. The maximum absolute atomic E-state index is 13.1. The number of pyridine rings is 1. The minimum absolute atomic E-state index is 0.226. The Morgan fingerprint density at radius 1 is 1.27 bits per heavy atom. The zero-order chi connectivity index (χ0) is 18.1. The molecule has 0 saturated carbocycles. The molecule has 2 N–H and O–H groups in total. The minimum Gasteiger partial charge on any atom is -0.338 e. The summed E-state index contributed by atoms with van der Waals surface area (Å²) in [4.78, 5) is 30.8. The van der Waals surface area contributed by atoms with Gasteiger partial charge in [-0.2, -0.15) is 0 Å². The highest BCUT2D eigenvalue weighted by Crippen LogP contribution is 2.44. The van der Waals surface area contributed by atoms with Crippen LogP contribution in [0.4, 0.5) is 0 Å². The summed E-state index contributed by atoms with van der Waals surface area (Å²) in [7, 11) is 0. The number of aryl methyl sites for hydroxylation is 1. The Balaban J connectivity index is 1.52. The third-order valence-corrected chi connectivity index (χ3v) is 5.67. The largest absolute Gasteiger partial charge is 0.338 e. The lowest BCUT2D eigenvalue weighted by molar-refractivity contribution is -0.137. The molecular weight excluding hydrogens is 330 g/mol. The molecule has 1 fully saturated rings. The number of hydrogen-bond donors (Lipinski definition) is 2. The van der Waals surface area contributed by atoms with Crippen LogP contribution < -0.4 is 5.48 Å². The van der Waals surface area contributed by atoms with Gasteiger partial charge < -0.3 is 4.90 Å². The molecule has 0 radical (unpaired) electrons. The summed E-state index contributed by atoms with van der Waals surface area (Å²) >= 11 is 0. The van der Waals surface area contributed by atoms with Gasteiger partial charge in [0.05, 0.1) is 5.41 Å². The molecule has 1 atom stereocenters. The molecule has 1 saturated heterocycles. The number of aromatic nitrogens is 1. The molecule has 26 heavy (non-hydrogen) atoms. The van der Waals surface area contributed by atoms with Crippen LogP contribution in [0, 0.1) is 5.41 Å². The van der Waals surface area contributed by atoms with Gasteiger partial charge in [-0.25, -0.2) is 5.48 Å². The number of fused-ring (bicyclic) bond motifs is 1. The first-order valence-electron chi connectivity index (χ1n) is 8.86. The molecule has 1 aromatic heterocycles. The number of rotatable bonds is 3. The maximum Gasteiger partial charge on any atom is 0.274 e. The van der Waals surface area contributed by atoms with Crippen LogP contribution in [-0.2, 0) is 24.2 Å². The fourth-order valence-electron chi connectivity index (χ4n) is 4.22. The maximum atomic E-state index is 13.1. The van der Waals surface area contributed by atoms with Crippen molar-refractivity contribution in [3.8, 4) is 0 Å². The van der Waals surface area contributed by atoms with Gasteiger partial charge in [0.1, 0.15) is 0 Å². The van der Waals surface area contributed by atoms with E-state index in [4.69, 9.17) is 5.21 Å². The van der Waals surface area contributed by atoms with Crippen LogP contribution in [0.1, 0.15) is 39.9 Å². The first-order valence-corrected chi connectivity index (χ1v) is 8.86. The van der Waals surface area contributed by atoms with E-state index in [1.807, 2.05) is 35.4 Å². The Labute approximate surface area is 151 Å². The van der Waals surface area contributed by atoms with E-state index in [0.717, 1.165) is 42.5 Å². The van der Waals surface area contributed by atoms with Crippen molar-refractivity contribution in [2.75, 3.05) is 6.54 Å². The summed E-state index contributed by atoms with van der Waals surface area (Å²) in [5.41, 5.74) is 5.06. The van der Waals surface area contributed by atoms with Gasteiger partial charge in [0, 0.05) is 31.0 Å². The van der Waals surface area contributed by atoms with E-state index in [9.17, 15) is 9.59 Å². The highest BCUT2D eigenvalue weighted by atomic mass is 16.5. The average Bonchev–Trinajstić information content (AvgIpc) is 2.97. The topological polar surface area (TPSA) is 82.5 Å². The van der Waals surface area contributed by atoms with Gasteiger partial charge in [-0.3, -0.25) is 19.8 Å². The molecule has 134 valence electrons. The van der Waals surface area contributed by atoms with Crippen LogP contribution in [0.15, 0.2) is 42.7 Å². The third-order valence-electron chi connectivity index (χ3n) is 5.67. The quantitative estimate of drug-likeness (QED) is 0.655. The van der Waals surface area contributed by atoms with E-state index >= 15 is 0 Å². The SMILES string of the molecule is O=C(NO)c1ccc2c(c1)CC[C@@]1(CCN(Cc3cccnc3)C1=O)C2. The first kappa shape index (κ1) is 16.7. The second-order valence-corrected chi connectivity index (χ2v) is 7.22. The van der Waals surface area contributed by atoms with E-state index in [1.165, 1.54) is 0 Å². The van der Waals surface area contributed by atoms with Crippen molar-refractivity contribution in [3.05, 3.63) is 65.0 Å². The lowest BCUT2D eigenvalue weighted by Gasteiger charge is -2.33. The lowest BCUT2D eigenvalue weighted by Crippen LogP contribution is -2.38. The Kier molecular flexibility index (Phi) is 4.20. The second kappa shape index (κ2) is 6.53. The Morgan fingerprint density at radius 3 is 2.92 bits per heavy atom. The van der Waals surface area contributed by atoms with Crippen LogP contribution in [0.2, 0.25) is 0 Å². The molecule has 1 aromatic carbocycles. The lowest BCUT2D eigenvalue weighted by atomic mass is 9.70. The third kappa shape index (κ3) is 2.86. The molecule has 2 aliphatic rings. The number of nitrogens with one attached hydrogen (secondary N) is 1. The predicted molar refractivity (Wildman–Crippen MR) is 94.4 cm³/mol. The zero-order valence-corrected chi connectivity index (χ0v) is 14.4. The fraction of sp³-hybridized carbons (Fsp3) is 0.350. The fourth-order valence-corrected chi connectivity index (χ4v) is 4.22. The number of carbonyl (C=O) groups excluding carboxylic acids is 2. The Hall–Kier alpha value is -2.73. The van der Waals surface area contributed by atoms with Gasteiger partial charge in [-0.1, -0.05) is 12.1 Å². The second-order valence-electron chi connectivity index (χ2n) is 7.22. The monoisotopic (exact) mass is 351 g/mol. The van der Waals surface area contributed by atoms with E-state index < -0.39 is 5.91 Å². The molecule has 1 aliphatic heterocycles. The first-order chi connectivity index (χ1) is 12.6. The van der Waals surface area contributed by atoms with Crippen LogP contribution in [-0.4, -0.2) is 33.5 Å². The van der Waals surface area contributed by atoms with Crippen LogP contribution in [0.3, 0.4) is 0 Å². The Bertz CT molecular complexity index is 853. The summed E-state index contributed by atoms with van der Waals surface area (Å²) in [6.45, 7) is 1.38. The molecule has 0 unspecified atom stereocenters. The van der Waals surface area contributed by atoms with Crippen molar-refractivity contribution in [1.29, 1.82) is 0 Å². The zero-order valence-electron chi connectivity index (χ0n) is 14.4. The molecule has 4 rings (SSSR count). The van der Waals surface area contributed by atoms with Crippen LogP contribution >= 0.6 is 0 Å². The number of likely N-dealkylation sites (tertiary alicyclic amines) is 1. The number of benzene rings is 1. The normalized spacial score (nSPS) is 21.7.